The maximum Gasteiger partial charge on any atom is 0.264 e. The van der Waals surface area contributed by atoms with Crippen LogP contribution >= 0.6 is 11.3 Å². The Hall–Kier alpha value is -1.40. The van der Waals surface area contributed by atoms with Gasteiger partial charge in [-0.25, -0.2) is 0 Å². The van der Waals surface area contributed by atoms with Gasteiger partial charge in [-0.1, -0.05) is 12.8 Å². The fraction of sp³-hybridized carbons (Fsp3) is 0.667. The third-order valence-corrected chi connectivity index (χ3v) is 6.17. The molecule has 0 radical (unpaired) electrons. The van der Waals surface area contributed by atoms with Crippen LogP contribution < -0.4 is 5.32 Å². The standard InChI is InChI=1S/C18H27N3O2S/c1-13-7-8-16(24-13)18(23)21-11-9-20(10-12-21)14(2)17(22)19-15-5-3-4-6-15/h7-8,14-15H,3-6,9-12H2,1-2H3,(H,19,22)/t14-/m1/s1. The lowest BCUT2D eigenvalue weighted by Gasteiger charge is -2.37. The predicted molar refractivity (Wildman–Crippen MR) is 96.4 cm³/mol. The van der Waals surface area contributed by atoms with Crippen LogP contribution in [0, 0.1) is 6.92 Å². The Labute approximate surface area is 148 Å². The molecule has 0 bridgehead atoms. The zero-order valence-corrected chi connectivity index (χ0v) is 15.4. The molecule has 6 heteroatoms. The number of thiophene rings is 1. The summed E-state index contributed by atoms with van der Waals surface area (Å²) in [7, 11) is 0. The second-order valence-electron chi connectivity index (χ2n) is 6.90. The molecule has 5 nitrogen and oxygen atoms in total. The van der Waals surface area contributed by atoms with Crippen LogP contribution in [0.5, 0.6) is 0 Å². The first kappa shape index (κ1) is 17.4. The average molecular weight is 350 g/mol. The van der Waals surface area contributed by atoms with Crippen LogP contribution in [-0.4, -0.2) is 59.9 Å². The smallest absolute Gasteiger partial charge is 0.264 e. The molecule has 2 fully saturated rings. The van der Waals surface area contributed by atoms with Gasteiger partial charge in [-0.3, -0.25) is 14.5 Å². The van der Waals surface area contributed by atoms with Crippen molar-refractivity contribution in [1.29, 1.82) is 0 Å². The van der Waals surface area contributed by atoms with Crippen LogP contribution in [0.25, 0.3) is 0 Å². The Morgan fingerprint density at radius 3 is 2.42 bits per heavy atom. The van der Waals surface area contributed by atoms with Crippen LogP contribution in [0.1, 0.15) is 47.2 Å². The fourth-order valence-corrected chi connectivity index (χ4v) is 4.41. The van der Waals surface area contributed by atoms with Crippen molar-refractivity contribution >= 4 is 23.2 Å². The Bertz CT molecular complexity index is 587. The number of rotatable bonds is 4. The molecule has 1 aliphatic heterocycles. The molecule has 1 atom stereocenters. The van der Waals surface area contributed by atoms with Gasteiger partial charge >= 0.3 is 0 Å². The largest absolute Gasteiger partial charge is 0.352 e. The molecule has 1 saturated heterocycles. The highest BCUT2D eigenvalue weighted by Gasteiger charge is 2.29. The van der Waals surface area contributed by atoms with Gasteiger partial charge in [0.25, 0.3) is 5.91 Å². The van der Waals surface area contributed by atoms with Gasteiger partial charge in [-0.15, -0.1) is 11.3 Å². The lowest BCUT2D eigenvalue weighted by Crippen LogP contribution is -2.55. The number of piperazine rings is 1. The number of hydrogen-bond acceptors (Lipinski definition) is 4. The molecular formula is C18H27N3O2S. The van der Waals surface area contributed by atoms with E-state index in [2.05, 4.69) is 10.2 Å². The topological polar surface area (TPSA) is 52.7 Å². The van der Waals surface area contributed by atoms with Crippen molar-refractivity contribution in [3.05, 3.63) is 21.9 Å². The summed E-state index contributed by atoms with van der Waals surface area (Å²) in [6.07, 6.45) is 4.67. The zero-order chi connectivity index (χ0) is 17.1. The van der Waals surface area contributed by atoms with Gasteiger partial charge in [-0.05, 0) is 38.8 Å². The minimum Gasteiger partial charge on any atom is -0.352 e. The number of nitrogens with zero attached hydrogens (tertiary/aromatic N) is 2. The highest BCUT2D eigenvalue weighted by atomic mass is 32.1. The third kappa shape index (κ3) is 3.98. The molecule has 1 aliphatic carbocycles. The van der Waals surface area contributed by atoms with E-state index >= 15 is 0 Å². The number of aryl methyl sites for hydroxylation is 1. The molecule has 0 aromatic carbocycles. The van der Waals surface area contributed by atoms with Gasteiger partial charge in [0, 0.05) is 37.1 Å². The van der Waals surface area contributed by atoms with E-state index in [1.165, 1.54) is 12.8 Å². The van der Waals surface area contributed by atoms with E-state index in [9.17, 15) is 9.59 Å². The van der Waals surface area contributed by atoms with Gasteiger partial charge in [0.2, 0.25) is 5.91 Å². The highest BCUT2D eigenvalue weighted by Crippen LogP contribution is 2.20. The normalized spacial score (nSPS) is 21.0. The molecule has 2 aliphatic rings. The minimum absolute atomic E-state index is 0.119. The zero-order valence-electron chi connectivity index (χ0n) is 14.6. The summed E-state index contributed by atoms with van der Waals surface area (Å²) in [5.41, 5.74) is 0. The summed E-state index contributed by atoms with van der Waals surface area (Å²) in [6, 6.07) is 4.15. The van der Waals surface area contributed by atoms with E-state index in [4.69, 9.17) is 0 Å². The maximum absolute atomic E-state index is 12.5. The second-order valence-corrected chi connectivity index (χ2v) is 8.19. The Morgan fingerprint density at radius 2 is 1.83 bits per heavy atom. The number of hydrogen-bond donors (Lipinski definition) is 1. The van der Waals surface area contributed by atoms with Crippen molar-refractivity contribution in [2.24, 2.45) is 0 Å². The molecule has 1 saturated carbocycles. The molecule has 1 N–H and O–H groups in total. The predicted octanol–water partition coefficient (Wildman–Crippen LogP) is 2.26. The number of carbonyl (C=O) groups is 2. The maximum atomic E-state index is 12.5. The van der Waals surface area contributed by atoms with Crippen molar-refractivity contribution in [3.8, 4) is 0 Å². The summed E-state index contributed by atoms with van der Waals surface area (Å²) in [6.45, 7) is 6.90. The molecular weight excluding hydrogens is 322 g/mol. The lowest BCUT2D eigenvalue weighted by molar-refractivity contribution is -0.127. The summed E-state index contributed by atoms with van der Waals surface area (Å²) >= 11 is 1.55. The van der Waals surface area contributed by atoms with Gasteiger partial charge in [0.15, 0.2) is 0 Å². The molecule has 2 amide bonds. The molecule has 2 heterocycles. The van der Waals surface area contributed by atoms with Crippen molar-refractivity contribution in [1.82, 2.24) is 15.1 Å². The monoisotopic (exact) mass is 349 g/mol. The second kappa shape index (κ2) is 7.66. The van der Waals surface area contributed by atoms with Gasteiger partial charge in [-0.2, -0.15) is 0 Å². The number of amides is 2. The van der Waals surface area contributed by atoms with E-state index < -0.39 is 0 Å². The third-order valence-electron chi connectivity index (χ3n) is 5.18. The molecule has 132 valence electrons. The summed E-state index contributed by atoms with van der Waals surface area (Å²) < 4.78 is 0. The van der Waals surface area contributed by atoms with Gasteiger partial charge in [0.05, 0.1) is 10.9 Å². The van der Waals surface area contributed by atoms with E-state index in [1.807, 2.05) is 30.9 Å². The Morgan fingerprint density at radius 1 is 1.17 bits per heavy atom. The molecule has 24 heavy (non-hydrogen) atoms. The van der Waals surface area contributed by atoms with Gasteiger partial charge in [0.1, 0.15) is 0 Å². The molecule has 0 spiro atoms. The first-order chi connectivity index (χ1) is 11.5. The minimum atomic E-state index is -0.119. The highest BCUT2D eigenvalue weighted by molar-refractivity contribution is 7.13. The van der Waals surface area contributed by atoms with E-state index in [1.54, 1.807) is 11.3 Å². The molecule has 1 aromatic rings. The van der Waals surface area contributed by atoms with Gasteiger partial charge < -0.3 is 10.2 Å². The Balaban J connectivity index is 1.48. The Kier molecular flexibility index (Phi) is 5.56. The summed E-state index contributed by atoms with van der Waals surface area (Å²) in [4.78, 5) is 31.0. The van der Waals surface area contributed by atoms with Crippen molar-refractivity contribution < 1.29 is 9.59 Å². The lowest BCUT2D eigenvalue weighted by atomic mass is 10.2. The van der Waals surface area contributed by atoms with Crippen molar-refractivity contribution in [2.45, 2.75) is 51.6 Å². The fourth-order valence-electron chi connectivity index (χ4n) is 3.58. The van der Waals surface area contributed by atoms with E-state index in [-0.39, 0.29) is 17.9 Å². The van der Waals surface area contributed by atoms with E-state index in [0.717, 1.165) is 35.7 Å². The first-order valence-electron chi connectivity index (χ1n) is 8.95. The van der Waals surface area contributed by atoms with Crippen LogP contribution in [0.15, 0.2) is 12.1 Å². The average Bonchev–Trinajstić information content (AvgIpc) is 3.25. The van der Waals surface area contributed by atoms with Crippen LogP contribution in [0.2, 0.25) is 0 Å². The summed E-state index contributed by atoms with van der Waals surface area (Å²) in [5.74, 6) is 0.256. The quantitative estimate of drug-likeness (QED) is 0.907. The molecule has 1 aromatic heterocycles. The van der Waals surface area contributed by atoms with Crippen LogP contribution in [0.3, 0.4) is 0 Å². The SMILES string of the molecule is Cc1ccc(C(=O)N2CCN([C@H](C)C(=O)NC3CCCC3)CC2)s1. The van der Waals surface area contributed by atoms with Crippen molar-refractivity contribution in [3.63, 3.8) is 0 Å². The number of carbonyl (C=O) groups excluding carboxylic acids is 2. The van der Waals surface area contributed by atoms with Crippen molar-refractivity contribution in [2.75, 3.05) is 26.2 Å². The first-order valence-corrected chi connectivity index (χ1v) is 9.76. The molecule has 3 rings (SSSR count). The number of nitrogens with one attached hydrogen (secondary N) is 1. The van der Waals surface area contributed by atoms with Crippen LogP contribution in [-0.2, 0) is 4.79 Å². The summed E-state index contributed by atoms with van der Waals surface area (Å²) in [5, 5.41) is 3.18. The van der Waals surface area contributed by atoms with E-state index in [0.29, 0.717) is 19.1 Å². The van der Waals surface area contributed by atoms with Crippen LogP contribution in [0.4, 0.5) is 0 Å². The molecule has 0 unspecified atom stereocenters.